The summed E-state index contributed by atoms with van der Waals surface area (Å²) in [5.41, 5.74) is 1.50. The van der Waals surface area contributed by atoms with Crippen LogP contribution in [0.15, 0.2) is 49.3 Å². The number of aromatic nitrogens is 2. The second kappa shape index (κ2) is 8.33. The lowest BCUT2D eigenvalue weighted by atomic mass is 10.2. The molecular formula is C19H23N5O2. The fraction of sp³-hybridized carbons (Fsp3) is 0.316. The summed E-state index contributed by atoms with van der Waals surface area (Å²) in [6, 6.07) is 7.97. The van der Waals surface area contributed by atoms with Gasteiger partial charge in [0.25, 0.3) is 5.91 Å². The lowest BCUT2D eigenvalue weighted by molar-refractivity contribution is 0.0740. The van der Waals surface area contributed by atoms with Gasteiger partial charge in [0.05, 0.1) is 19.5 Å². The van der Waals surface area contributed by atoms with Crippen molar-refractivity contribution in [3.63, 3.8) is 0 Å². The van der Waals surface area contributed by atoms with Crippen molar-refractivity contribution in [2.45, 2.75) is 0 Å². The van der Waals surface area contributed by atoms with Gasteiger partial charge in [-0.2, -0.15) is 0 Å². The van der Waals surface area contributed by atoms with E-state index >= 15 is 0 Å². The molecule has 7 heteroatoms. The maximum absolute atomic E-state index is 12.6. The van der Waals surface area contributed by atoms with E-state index < -0.39 is 0 Å². The molecule has 1 aromatic heterocycles. The number of carbonyl (C=O) groups excluding carboxylic acids is 1. The highest BCUT2D eigenvalue weighted by Gasteiger charge is 2.23. The average Bonchev–Trinajstić information content (AvgIpc) is 2.72. The van der Waals surface area contributed by atoms with E-state index in [1.54, 1.807) is 19.4 Å². The van der Waals surface area contributed by atoms with E-state index in [9.17, 15) is 4.79 Å². The van der Waals surface area contributed by atoms with Crippen molar-refractivity contribution < 1.29 is 9.53 Å². The average molecular weight is 353 g/mol. The van der Waals surface area contributed by atoms with Crippen molar-refractivity contribution in [2.24, 2.45) is 0 Å². The van der Waals surface area contributed by atoms with Crippen LogP contribution in [0, 0.1) is 0 Å². The van der Waals surface area contributed by atoms with Gasteiger partial charge in [-0.05, 0) is 24.3 Å². The van der Waals surface area contributed by atoms with Gasteiger partial charge in [0.1, 0.15) is 17.3 Å². The molecule has 1 N–H and O–H groups in total. The first-order chi connectivity index (χ1) is 12.7. The van der Waals surface area contributed by atoms with Crippen molar-refractivity contribution in [3.8, 4) is 5.75 Å². The number of piperazine rings is 1. The molecule has 0 bridgehead atoms. The Bertz CT molecular complexity index is 738. The number of ether oxygens (including phenoxy) is 1. The summed E-state index contributed by atoms with van der Waals surface area (Å²) in [5.74, 6) is 1.39. The van der Waals surface area contributed by atoms with Crippen LogP contribution >= 0.6 is 0 Å². The summed E-state index contributed by atoms with van der Waals surface area (Å²) >= 11 is 0. The van der Waals surface area contributed by atoms with Crippen LogP contribution in [0.25, 0.3) is 0 Å². The fourth-order valence-electron chi connectivity index (χ4n) is 2.83. The first-order valence-corrected chi connectivity index (χ1v) is 8.56. The quantitative estimate of drug-likeness (QED) is 0.802. The summed E-state index contributed by atoms with van der Waals surface area (Å²) in [5, 5.41) is 3.04. The highest BCUT2D eigenvalue weighted by Crippen LogP contribution is 2.20. The molecule has 1 aliphatic heterocycles. The molecule has 3 rings (SSSR count). The summed E-state index contributed by atoms with van der Waals surface area (Å²) < 4.78 is 5.19. The molecule has 0 radical (unpaired) electrons. The number of carbonyl (C=O) groups is 1. The van der Waals surface area contributed by atoms with Gasteiger partial charge in [0.15, 0.2) is 0 Å². The zero-order valence-corrected chi connectivity index (χ0v) is 14.9. The monoisotopic (exact) mass is 353 g/mol. The predicted molar refractivity (Wildman–Crippen MR) is 102 cm³/mol. The van der Waals surface area contributed by atoms with Crippen LogP contribution in [0.1, 0.15) is 10.5 Å². The molecule has 0 saturated carbocycles. The maximum Gasteiger partial charge on any atom is 0.274 e. The molecule has 26 heavy (non-hydrogen) atoms. The van der Waals surface area contributed by atoms with Crippen molar-refractivity contribution in [1.29, 1.82) is 0 Å². The zero-order valence-electron chi connectivity index (χ0n) is 14.9. The predicted octanol–water partition coefficient (Wildman–Crippen LogP) is 2.05. The highest BCUT2D eigenvalue weighted by atomic mass is 16.5. The van der Waals surface area contributed by atoms with Crippen LogP contribution in [-0.4, -0.2) is 60.6 Å². The Morgan fingerprint density at radius 1 is 1.19 bits per heavy atom. The zero-order chi connectivity index (χ0) is 18.4. The first kappa shape index (κ1) is 17.7. The molecule has 0 aliphatic carbocycles. The van der Waals surface area contributed by atoms with Gasteiger partial charge in [-0.15, -0.1) is 6.58 Å². The van der Waals surface area contributed by atoms with E-state index in [-0.39, 0.29) is 5.91 Å². The topological polar surface area (TPSA) is 70.6 Å². The van der Waals surface area contributed by atoms with Gasteiger partial charge in [0, 0.05) is 38.4 Å². The van der Waals surface area contributed by atoms with E-state index in [2.05, 4.69) is 26.8 Å². The normalized spacial score (nSPS) is 14.0. The lowest BCUT2D eigenvalue weighted by Gasteiger charge is -2.36. The molecule has 2 aromatic rings. The van der Waals surface area contributed by atoms with E-state index in [1.165, 1.54) is 6.20 Å². The second-order valence-corrected chi connectivity index (χ2v) is 5.93. The number of anilines is 2. The van der Waals surface area contributed by atoms with Gasteiger partial charge >= 0.3 is 0 Å². The molecule has 7 nitrogen and oxygen atoms in total. The molecule has 136 valence electrons. The Kier molecular flexibility index (Phi) is 5.68. The Hall–Kier alpha value is -3.09. The molecule has 1 saturated heterocycles. The Morgan fingerprint density at radius 3 is 2.50 bits per heavy atom. The van der Waals surface area contributed by atoms with Gasteiger partial charge in [-0.25, -0.2) is 9.97 Å². The smallest absolute Gasteiger partial charge is 0.274 e. The summed E-state index contributed by atoms with van der Waals surface area (Å²) in [4.78, 5) is 25.1. The van der Waals surface area contributed by atoms with Crippen molar-refractivity contribution >= 4 is 17.4 Å². The summed E-state index contributed by atoms with van der Waals surface area (Å²) in [6.45, 7) is 7.12. The van der Waals surface area contributed by atoms with E-state index in [0.717, 1.165) is 24.5 Å². The van der Waals surface area contributed by atoms with E-state index in [4.69, 9.17) is 4.74 Å². The number of rotatable bonds is 6. The number of amides is 1. The number of methoxy groups -OCH3 is 1. The van der Waals surface area contributed by atoms with Gasteiger partial charge < -0.3 is 19.9 Å². The minimum absolute atomic E-state index is 0.0813. The standard InChI is InChI=1S/C19H23N5O2/c1-3-8-20-18-14-21-17(13-22-18)19(25)24-11-9-23(10-12-24)15-4-6-16(26-2)7-5-15/h3-7,13-14H,1,8-12H2,2H3,(H,20,22). The number of benzene rings is 1. The summed E-state index contributed by atoms with van der Waals surface area (Å²) in [6.07, 6.45) is 4.83. The van der Waals surface area contributed by atoms with Crippen molar-refractivity contribution in [1.82, 2.24) is 14.9 Å². The SMILES string of the molecule is C=CCNc1cnc(C(=O)N2CCN(c3ccc(OC)cc3)CC2)cn1. The van der Waals surface area contributed by atoms with Crippen LogP contribution in [0.5, 0.6) is 5.75 Å². The van der Waals surface area contributed by atoms with E-state index in [0.29, 0.717) is 31.1 Å². The molecule has 0 spiro atoms. The number of hydrogen-bond donors (Lipinski definition) is 1. The van der Waals surface area contributed by atoms with Gasteiger partial charge in [0.2, 0.25) is 0 Å². The second-order valence-electron chi connectivity index (χ2n) is 5.93. The minimum Gasteiger partial charge on any atom is -0.497 e. The maximum atomic E-state index is 12.6. The van der Waals surface area contributed by atoms with Crippen LogP contribution in [0.2, 0.25) is 0 Å². The Morgan fingerprint density at radius 2 is 1.92 bits per heavy atom. The minimum atomic E-state index is -0.0813. The summed E-state index contributed by atoms with van der Waals surface area (Å²) in [7, 11) is 1.66. The molecule has 1 amide bonds. The largest absolute Gasteiger partial charge is 0.497 e. The molecule has 1 aromatic carbocycles. The van der Waals surface area contributed by atoms with Crippen LogP contribution < -0.4 is 15.0 Å². The highest BCUT2D eigenvalue weighted by molar-refractivity contribution is 5.92. The van der Waals surface area contributed by atoms with E-state index in [1.807, 2.05) is 29.2 Å². The third kappa shape index (κ3) is 4.11. The Balaban J connectivity index is 1.56. The molecule has 1 aliphatic rings. The molecule has 1 fully saturated rings. The first-order valence-electron chi connectivity index (χ1n) is 8.56. The molecule has 2 heterocycles. The lowest BCUT2D eigenvalue weighted by Crippen LogP contribution is -2.49. The molecule has 0 atom stereocenters. The number of nitrogens with one attached hydrogen (secondary N) is 1. The Labute approximate surface area is 153 Å². The van der Waals surface area contributed by atoms with Gasteiger partial charge in [-0.3, -0.25) is 4.79 Å². The van der Waals surface area contributed by atoms with Crippen molar-refractivity contribution in [2.75, 3.05) is 50.1 Å². The van der Waals surface area contributed by atoms with Crippen LogP contribution in [0.3, 0.4) is 0 Å². The fourth-order valence-corrected chi connectivity index (χ4v) is 2.83. The molecular weight excluding hydrogens is 330 g/mol. The third-order valence-electron chi connectivity index (χ3n) is 4.30. The number of nitrogens with zero attached hydrogens (tertiary/aromatic N) is 4. The molecule has 0 unspecified atom stereocenters. The van der Waals surface area contributed by atoms with Gasteiger partial charge in [-0.1, -0.05) is 6.08 Å². The van der Waals surface area contributed by atoms with Crippen molar-refractivity contribution in [3.05, 3.63) is 55.0 Å². The van der Waals surface area contributed by atoms with Crippen LogP contribution in [0.4, 0.5) is 11.5 Å². The number of hydrogen-bond acceptors (Lipinski definition) is 6. The van der Waals surface area contributed by atoms with Crippen LogP contribution in [-0.2, 0) is 0 Å². The third-order valence-corrected chi connectivity index (χ3v) is 4.30.